The number of rotatable bonds is 7. The summed E-state index contributed by atoms with van der Waals surface area (Å²) in [5, 5.41) is 21.4. The van der Waals surface area contributed by atoms with Gasteiger partial charge in [0, 0.05) is 29.1 Å². The Balaban J connectivity index is 1.92. The van der Waals surface area contributed by atoms with Gasteiger partial charge in [0.05, 0.1) is 18.6 Å². The molecule has 0 aliphatic carbocycles. The van der Waals surface area contributed by atoms with Gasteiger partial charge in [0.2, 0.25) is 18.9 Å². The van der Waals surface area contributed by atoms with Gasteiger partial charge in [-0.25, -0.2) is 0 Å². The molecule has 2 aliphatic heterocycles. The molecule has 2 bridgehead atoms. The van der Waals surface area contributed by atoms with Crippen molar-refractivity contribution < 1.29 is 24.1 Å². The zero-order chi connectivity index (χ0) is 14.7. The number of nitrogens with zero attached hydrogens (tertiary/aromatic N) is 2. The lowest BCUT2D eigenvalue weighted by molar-refractivity contribution is -0.536. The summed E-state index contributed by atoms with van der Waals surface area (Å²) in [6.07, 6.45) is -0.321. The lowest BCUT2D eigenvalue weighted by Crippen LogP contribution is -2.44. The summed E-state index contributed by atoms with van der Waals surface area (Å²) in [6, 6.07) is -0.918. The van der Waals surface area contributed by atoms with Gasteiger partial charge in [0.25, 0.3) is 0 Å². The molecule has 0 radical (unpaired) electrons. The van der Waals surface area contributed by atoms with Gasteiger partial charge in [-0.3, -0.25) is 25.0 Å². The van der Waals surface area contributed by atoms with Crippen LogP contribution in [0, 0.1) is 26.1 Å². The molecule has 20 heavy (non-hydrogen) atoms. The Bertz CT molecular complexity index is 414. The maximum absolute atomic E-state index is 11.6. The van der Waals surface area contributed by atoms with Crippen LogP contribution >= 0.6 is 0 Å². The fourth-order valence-corrected chi connectivity index (χ4v) is 2.73. The predicted molar refractivity (Wildman–Crippen MR) is 64.2 cm³/mol. The number of unbranched alkanes of at least 4 members (excludes halogenated alkanes) is 1. The van der Waals surface area contributed by atoms with Crippen LogP contribution in [-0.2, 0) is 14.3 Å². The SMILES string of the molecule is O=C1C[C@H]([C@H](CCCC[N+](=O)[O-])[N+](=O)[O-])[C@H]2CO[C@@H]1O2. The minimum Gasteiger partial charge on any atom is -0.343 e. The van der Waals surface area contributed by atoms with Crippen molar-refractivity contribution in [3.8, 4) is 0 Å². The average molecular weight is 288 g/mol. The van der Waals surface area contributed by atoms with Crippen LogP contribution in [0.4, 0.5) is 0 Å². The van der Waals surface area contributed by atoms with E-state index in [1.165, 1.54) is 0 Å². The molecule has 2 rings (SSSR count). The molecule has 2 fully saturated rings. The smallest absolute Gasteiger partial charge is 0.218 e. The van der Waals surface area contributed by atoms with E-state index in [0.29, 0.717) is 12.8 Å². The monoisotopic (exact) mass is 288 g/mol. The van der Waals surface area contributed by atoms with E-state index in [0.717, 1.165) is 0 Å². The molecule has 9 nitrogen and oxygen atoms in total. The van der Waals surface area contributed by atoms with E-state index < -0.39 is 34.2 Å². The minimum absolute atomic E-state index is 0.0796. The van der Waals surface area contributed by atoms with E-state index in [2.05, 4.69) is 0 Å². The van der Waals surface area contributed by atoms with Gasteiger partial charge in [0.1, 0.15) is 0 Å². The predicted octanol–water partition coefficient (Wildman–Crippen LogP) is 0.409. The Morgan fingerprint density at radius 3 is 2.70 bits per heavy atom. The maximum atomic E-state index is 11.6. The molecule has 2 aliphatic rings. The first kappa shape index (κ1) is 14.8. The first-order chi connectivity index (χ1) is 9.49. The second-order valence-electron chi connectivity index (χ2n) is 5.08. The first-order valence-electron chi connectivity index (χ1n) is 6.54. The third-order valence-electron chi connectivity index (χ3n) is 3.74. The highest BCUT2D eigenvalue weighted by molar-refractivity contribution is 5.83. The third-order valence-corrected chi connectivity index (χ3v) is 3.74. The van der Waals surface area contributed by atoms with Gasteiger partial charge < -0.3 is 9.47 Å². The molecule has 0 amide bonds. The summed E-state index contributed by atoms with van der Waals surface area (Å²) in [7, 11) is 0. The highest BCUT2D eigenvalue weighted by Gasteiger charge is 2.49. The molecule has 0 spiro atoms. The van der Waals surface area contributed by atoms with Crippen LogP contribution in [0.2, 0.25) is 0 Å². The number of hydrogen-bond acceptors (Lipinski definition) is 7. The summed E-state index contributed by atoms with van der Waals surface area (Å²) in [5.41, 5.74) is 0. The number of fused-ring (bicyclic) bond motifs is 2. The molecule has 0 unspecified atom stereocenters. The van der Waals surface area contributed by atoms with E-state index in [1.807, 2.05) is 0 Å². The van der Waals surface area contributed by atoms with Crippen molar-refractivity contribution in [2.24, 2.45) is 5.92 Å². The molecular weight excluding hydrogens is 272 g/mol. The third kappa shape index (κ3) is 3.28. The second kappa shape index (κ2) is 6.23. The average Bonchev–Trinajstić information content (AvgIpc) is 2.79. The highest BCUT2D eigenvalue weighted by Crippen LogP contribution is 2.34. The van der Waals surface area contributed by atoms with Crippen LogP contribution in [0.5, 0.6) is 0 Å². The number of nitro groups is 2. The first-order valence-corrected chi connectivity index (χ1v) is 6.54. The number of carbonyl (C=O) groups is 1. The zero-order valence-corrected chi connectivity index (χ0v) is 10.8. The molecular formula is C11H16N2O7. The quantitative estimate of drug-likeness (QED) is 0.377. The van der Waals surface area contributed by atoms with E-state index in [4.69, 9.17) is 9.47 Å². The van der Waals surface area contributed by atoms with Gasteiger partial charge in [-0.15, -0.1) is 0 Å². The summed E-state index contributed by atoms with van der Waals surface area (Å²) in [6.45, 7) is -0.000539. The van der Waals surface area contributed by atoms with Crippen LogP contribution in [0.25, 0.3) is 0 Å². The molecule has 0 N–H and O–H groups in total. The van der Waals surface area contributed by atoms with Crippen LogP contribution < -0.4 is 0 Å². The lowest BCUT2D eigenvalue weighted by atomic mass is 9.85. The lowest BCUT2D eigenvalue weighted by Gasteiger charge is -2.28. The van der Waals surface area contributed by atoms with Gasteiger partial charge in [-0.2, -0.15) is 0 Å². The Kier molecular flexibility index (Phi) is 4.61. The van der Waals surface area contributed by atoms with E-state index >= 15 is 0 Å². The normalized spacial score (nSPS) is 30.2. The number of hydrogen-bond donors (Lipinski definition) is 0. The Hall–Kier alpha value is -1.61. The van der Waals surface area contributed by atoms with E-state index in [-0.39, 0.29) is 31.8 Å². The van der Waals surface area contributed by atoms with Crippen molar-refractivity contribution in [2.45, 2.75) is 44.1 Å². The Labute approximate surface area is 114 Å². The topological polar surface area (TPSA) is 122 Å². The second-order valence-corrected chi connectivity index (χ2v) is 5.08. The van der Waals surface area contributed by atoms with Crippen molar-refractivity contribution in [2.75, 3.05) is 13.2 Å². The largest absolute Gasteiger partial charge is 0.343 e. The zero-order valence-electron chi connectivity index (χ0n) is 10.8. The van der Waals surface area contributed by atoms with Gasteiger partial charge in [-0.05, 0) is 6.42 Å². The molecule has 4 atom stereocenters. The summed E-state index contributed by atoms with van der Waals surface area (Å²) in [4.78, 5) is 32.2. The van der Waals surface area contributed by atoms with Crippen molar-refractivity contribution in [3.05, 3.63) is 20.2 Å². The molecule has 112 valence electrons. The number of Topliss-reactive ketones (excluding diaryl/α,β-unsaturated/α-hetero) is 1. The highest BCUT2D eigenvalue weighted by atomic mass is 16.7. The van der Waals surface area contributed by atoms with Crippen molar-refractivity contribution in [1.82, 2.24) is 0 Å². The van der Waals surface area contributed by atoms with Gasteiger partial charge in [-0.1, -0.05) is 0 Å². The van der Waals surface area contributed by atoms with Crippen molar-refractivity contribution in [1.29, 1.82) is 0 Å². The molecule has 0 saturated carbocycles. The molecule has 2 saturated heterocycles. The van der Waals surface area contributed by atoms with Crippen LogP contribution in [0.1, 0.15) is 25.7 Å². The molecule has 2 heterocycles. The van der Waals surface area contributed by atoms with Crippen molar-refractivity contribution >= 4 is 5.78 Å². The minimum atomic E-state index is -0.918. The van der Waals surface area contributed by atoms with Crippen LogP contribution in [-0.4, -0.2) is 47.2 Å². The summed E-state index contributed by atoms with van der Waals surface area (Å²) < 4.78 is 10.4. The maximum Gasteiger partial charge on any atom is 0.218 e. The number of ether oxygens (including phenoxy) is 2. The van der Waals surface area contributed by atoms with Crippen molar-refractivity contribution in [3.63, 3.8) is 0 Å². The van der Waals surface area contributed by atoms with Crippen LogP contribution in [0.3, 0.4) is 0 Å². The molecule has 0 aromatic carbocycles. The summed E-state index contributed by atoms with van der Waals surface area (Å²) in [5.74, 6) is -0.771. The van der Waals surface area contributed by atoms with Gasteiger partial charge >= 0.3 is 0 Å². The fraction of sp³-hybridized carbons (Fsp3) is 0.909. The molecule has 9 heteroatoms. The summed E-state index contributed by atoms with van der Waals surface area (Å²) >= 11 is 0. The standard InChI is InChI=1S/C11H16N2O7/c14-9-5-7(10-6-19-11(9)20-10)8(13(17)18)3-1-2-4-12(15)16/h7-8,10-11H,1-6H2/t7-,8+,10-,11-/m1/s1. The fourth-order valence-electron chi connectivity index (χ4n) is 2.73. The number of ketones is 1. The Morgan fingerprint density at radius 2 is 2.05 bits per heavy atom. The van der Waals surface area contributed by atoms with Crippen LogP contribution in [0.15, 0.2) is 0 Å². The molecule has 0 aromatic heterocycles. The molecule has 0 aromatic rings. The van der Waals surface area contributed by atoms with E-state index in [9.17, 15) is 25.0 Å². The van der Waals surface area contributed by atoms with Gasteiger partial charge in [0.15, 0.2) is 5.78 Å². The van der Waals surface area contributed by atoms with E-state index in [1.54, 1.807) is 0 Å². The number of carbonyl (C=O) groups excluding carboxylic acids is 1. The Morgan fingerprint density at radius 1 is 1.30 bits per heavy atom.